The topological polar surface area (TPSA) is 38.0 Å². The third-order valence-corrected chi connectivity index (χ3v) is 2.74. The Morgan fingerprint density at radius 1 is 1.06 bits per heavy atom. The Labute approximate surface area is 102 Å². The third kappa shape index (κ3) is 3.52. The molecule has 17 heavy (non-hydrogen) atoms. The van der Waals surface area contributed by atoms with Gasteiger partial charge in [0.25, 0.3) is 0 Å². The van der Waals surface area contributed by atoms with Crippen LogP contribution in [0.25, 0.3) is 0 Å². The number of benzene rings is 2. The summed E-state index contributed by atoms with van der Waals surface area (Å²) in [7, 11) is 0. The Balaban J connectivity index is 1.85. The molecule has 2 rings (SSSR count). The maximum atomic E-state index is 5.65. The van der Waals surface area contributed by atoms with Crippen molar-refractivity contribution in [3.05, 3.63) is 59.7 Å². The highest BCUT2D eigenvalue weighted by atomic mass is 14.9. The molecular weight excluding hydrogens is 208 g/mol. The highest BCUT2D eigenvalue weighted by Gasteiger charge is 1.94. The van der Waals surface area contributed by atoms with Crippen molar-refractivity contribution in [3.8, 4) is 0 Å². The zero-order valence-electron chi connectivity index (χ0n) is 10.1. The first kappa shape index (κ1) is 11.5. The van der Waals surface area contributed by atoms with Crippen molar-refractivity contribution >= 4 is 11.4 Å². The summed E-state index contributed by atoms with van der Waals surface area (Å²) >= 11 is 0. The Morgan fingerprint density at radius 2 is 1.82 bits per heavy atom. The molecule has 2 aromatic carbocycles. The average Bonchev–Trinajstić information content (AvgIpc) is 2.32. The van der Waals surface area contributed by atoms with Crippen LogP contribution in [0, 0.1) is 6.92 Å². The van der Waals surface area contributed by atoms with E-state index in [9.17, 15) is 0 Å². The largest absolute Gasteiger partial charge is 0.399 e. The Kier molecular flexibility index (Phi) is 3.66. The van der Waals surface area contributed by atoms with Gasteiger partial charge in [0.15, 0.2) is 0 Å². The molecule has 0 bridgehead atoms. The first-order valence-electron chi connectivity index (χ1n) is 5.89. The summed E-state index contributed by atoms with van der Waals surface area (Å²) in [5.74, 6) is 0. The Bertz CT molecular complexity index is 475. The number of anilines is 2. The van der Waals surface area contributed by atoms with Crippen LogP contribution in [0.2, 0.25) is 0 Å². The first-order chi connectivity index (χ1) is 8.24. The summed E-state index contributed by atoms with van der Waals surface area (Å²) in [5, 5.41) is 3.42. The van der Waals surface area contributed by atoms with Gasteiger partial charge >= 0.3 is 0 Å². The predicted molar refractivity (Wildman–Crippen MR) is 74.2 cm³/mol. The molecule has 0 spiro atoms. The second-order valence-electron chi connectivity index (χ2n) is 4.29. The third-order valence-electron chi connectivity index (χ3n) is 2.74. The van der Waals surface area contributed by atoms with E-state index in [1.165, 1.54) is 16.8 Å². The smallest absolute Gasteiger partial charge is 0.0342 e. The standard InChI is InChI=1S/C15H18N2/c1-12-3-2-4-15(11-12)17-10-9-13-5-7-14(16)8-6-13/h2-8,11,17H,9-10,16H2,1H3. The fraction of sp³-hybridized carbons (Fsp3) is 0.200. The van der Waals surface area contributed by atoms with Gasteiger partial charge in [-0.3, -0.25) is 0 Å². The highest BCUT2D eigenvalue weighted by Crippen LogP contribution is 2.10. The van der Waals surface area contributed by atoms with E-state index in [2.05, 4.69) is 48.6 Å². The molecule has 2 heteroatoms. The molecule has 0 aliphatic rings. The van der Waals surface area contributed by atoms with Gasteiger partial charge in [-0.1, -0.05) is 24.3 Å². The molecule has 0 aliphatic carbocycles. The van der Waals surface area contributed by atoms with Crippen molar-refractivity contribution in [2.45, 2.75) is 13.3 Å². The summed E-state index contributed by atoms with van der Waals surface area (Å²) in [6, 6.07) is 16.5. The lowest BCUT2D eigenvalue weighted by Gasteiger charge is -2.07. The van der Waals surface area contributed by atoms with Crippen LogP contribution >= 0.6 is 0 Å². The molecule has 3 N–H and O–H groups in total. The molecular formula is C15H18N2. The molecule has 2 aromatic rings. The first-order valence-corrected chi connectivity index (χ1v) is 5.89. The molecule has 0 aromatic heterocycles. The lowest BCUT2D eigenvalue weighted by Crippen LogP contribution is -2.04. The number of hydrogen-bond donors (Lipinski definition) is 2. The van der Waals surface area contributed by atoms with Crippen molar-refractivity contribution in [1.29, 1.82) is 0 Å². The van der Waals surface area contributed by atoms with E-state index in [1.54, 1.807) is 0 Å². The molecule has 0 radical (unpaired) electrons. The van der Waals surface area contributed by atoms with Crippen molar-refractivity contribution in [1.82, 2.24) is 0 Å². The van der Waals surface area contributed by atoms with Crippen LogP contribution in [0.1, 0.15) is 11.1 Å². The minimum Gasteiger partial charge on any atom is -0.399 e. The number of aryl methyl sites for hydroxylation is 1. The summed E-state index contributed by atoms with van der Waals surface area (Å²) in [6.07, 6.45) is 1.01. The summed E-state index contributed by atoms with van der Waals surface area (Å²) < 4.78 is 0. The van der Waals surface area contributed by atoms with Gasteiger partial charge in [0.2, 0.25) is 0 Å². The van der Waals surface area contributed by atoms with Crippen LogP contribution in [0.15, 0.2) is 48.5 Å². The number of nitrogens with one attached hydrogen (secondary N) is 1. The van der Waals surface area contributed by atoms with E-state index in [-0.39, 0.29) is 0 Å². The van der Waals surface area contributed by atoms with E-state index >= 15 is 0 Å². The van der Waals surface area contributed by atoms with Crippen LogP contribution in [0.3, 0.4) is 0 Å². The predicted octanol–water partition coefficient (Wildman–Crippen LogP) is 3.23. The average molecular weight is 226 g/mol. The van der Waals surface area contributed by atoms with E-state index in [4.69, 9.17) is 5.73 Å². The molecule has 88 valence electrons. The zero-order chi connectivity index (χ0) is 12.1. The Morgan fingerprint density at radius 3 is 2.53 bits per heavy atom. The van der Waals surface area contributed by atoms with Crippen LogP contribution in [0.4, 0.5) is 11.4 Å². The van der Waals surface area contributed by atoms with E-state index in [0.717, 1.165) is 18.7 Å². The molecule has 0 unspecified atom stereocenters. The molecule has 0 saturated carbocycles. The van der Waals surface area contributed by atoms with E-state index in [1.807, 2.05) is 12.1 Å². The zero-order valence-corrected chi connectivity index (χ0v) is 10.1. The van der Waals surface area contributed by atoms with Crippen LogP contribution in [0.5, 0.6) is 0 Å². The van der Waals surface area contributed by atoms with Gasteiger partial charge in [-0.05, 0) is 48.7 Å². The van der Waals surface area contributed by atoms with Gasteiger partial charge in [0, 0.05) is 17.9 Å². The second-order valence-corrected chi connectivity index (χ2v) is 4.29. The van der Waals surface area contributed by atoms with Crippen molar-refractivity contribution in [3.63, 3.8) is 0 Å². The SMILES string of the molecule is Cc1cccc(NCCc2ccc(N)cc2)c1. The summed E-state index contributed by atoms with van der Waals surface area (Å²) in [5.41, 5.74) is 10.2. The Hall–Kier alpha value is -1.96. The minimum absolute atomic E-state index is 0.820. The highest BCUT2D eigenvalue weighted by molar-refractivity contribution is 5.45. The monoisotopic (exact) mass is 226 g/mol. The number of rotatable bonds is 4. The maximum absolute atomic E-state index is 5.65. The quantitative estimate of drug-likeness (QED) is 0.785. The van der Waals surface area contributed by atoms with Gasteiger partial charge in [-0.25, -0.2) is 0 Å². The van der Waals surface area contributed by atoms with Crippen molar-refractivity contribution < 1.29 is 0 Å². The normalized spacial score (nSPS) is 10.2. The number of hydrogen-bond acceptors (Lipinski definition) is 2. The summed E-state index contributed by atoms with van der Waals surface area (Å²) in [6.45, 7) is 3.04. The van der Waals surface area contributed by atoms with Crippen LogP contribution < -0.4 is 11.1 Å². The fourth-order valence-electron chi connectivity index (χ4n) is 1.79. The molecule has 0 aliphatic heterocycles. The molecule has 2 nitrogen and oxygen atoms in total. The van der Waals surface area contributed by atoms with E-state index < -0.39 is 0 Å². The minimum atomic E-state index is 0.820. The van der Waals surface area contributed by atoms with Crippen molar-refractivity contribution in [2.75, 3.05) is 17.6 Å². The van der Waals surface area contributed by atoms with Gasteiger partial charge < -0.3 is 11.1 Å². The molecule has 0 atom stereocenters. The number of nitrogen functional groups attached to an aromatic ring is 1. The molecule has 0 fully saturated rings. The number of nitrogens with two attached hydrogens (primary N) is 1. The summed E-state index contributed by atoms with van der Waals surface area (Å²) in [4.78, 5) is 0. The molecule has 0 saturated heterocycles. The van der Waals surface area contributed by atoms with Crippen LogP contribution in [-0.4, -0.2) is 6.54 Å². The van der Waals surface area contributed by atoms with Gasteiger partial charge in [0.05, 0.1) is 0 Å². The lowest BCUT2D eigenvalue weighted by molar-refractivity contribution is 1.02. The van der Waals surface area contributed by atoms with Gasteiger partial charge in [-0.15, -0.1) is 0 Å². The molecule has 0 amide bonds. The molecule has 0 heterocycles. The second kappa shape index (κ2) is 5.39. The fourth-order valence-corrected chi connectivity index (χ4v) is 1.79. The van der Waals surface area contributed by atoms with E-state index in [0.29, 0.717) is 0 Å². The van der Waals surface area contributed by atoms with Crippen molar-refractivity contribution in [2.24, 2.45) is 0 Å². The van der Waals surface area contributed by atoms with Gasteiger partial charge in [-0.2, -0.15) is 0 Å². The van der Waals surface area contributed by atoms with Gasteiger partial charge in [0.1, 0.15) is 0 Å². The van der Waals surface area contributed by atoms with Crippen LogP contribution in [-0.2, 0) is 6.42 Å². The lowest BCUT2D eigenvalue weighted by atomic mass is 10.1. The maximum Gasteiger partial charge on any atom is 0.0342 e.